The van der Waals surface area contributed by atoms with Gasteiger partial charge in [-0.15, -0.1) is 16.4 Å². The predicted molar refractivity (Wildman–Crippen MR) is 113 cm³/mol. The van der Waals surface area contributed by atoms with Crippen LogP contribution in [0.5, 0.6) is 0 Å². The van der Waals surface area contributed by atoms with Crippen molar-refractivity contribution in [1.29, 1.82) is 0 Å². The van der Waals surface area contributed by atoms with Gasteiger partial charge in [-0.3, -0.25) is 14.2 Å². The highest BCUT2D eigenvalue weighted by Crippen LogP contribution is 2.18. The molecule has 1 N–H and O–H groups in total. The van der Waals surface area contributed by atoms with E-state index in [0.717, 1.165) is 10.2 Å². The van der Waals surface area contributed by atoms with Gasteiger partial charge in [-0.2, -0.15) is 0 Å². The molecule has 4 aromatic rings. The van der Waals surface area contributed by atoms with Gasteiger partial charge in [-0.25, -0.2) is 13.9 Å². The van der Waals surface area contributed by atoms with Crippen LogP contribution in [0.3, 0.4) is 0 Å². The van der Waals surface area contributed by atoms with Crippen LogP contribution < -0.4 is 16.6 Å². The Kier molecular flexibility index (Phi) is 5.01. The normalized spacial score (nSPS) is 11.6. The van der Waals surface area contributed by atoms with Crippen LogP contribution in [0.2, 0.25) is 5.02 Å². The van der Waals surface area contributed by atoms with Crippen LogP contribution in [0.1, 0.15) is 19.4 Å². The van der Waals surface area contributed by atoms with Crippen molar-refractivity contribution >= 4 is 44.8 Å². The molecule has 150 valence electrons. The second-order valence-electron chi connectivity index (χ2n) is 6.95. The largest absolute Gasteiger partial charge is 0.352 e. The number of amides is 1. The number of halogens is 1. The molecular formula is C19H18ClN5O3S. The number of rotatable bonds is 5. The quantitative estimate of drug-likeness (QED) is 0.524. The number of nitrogens with zero attached hydrogens (tertiary/aromatic N) is 4. The Morgan fingerprint density at radius 1 is 1.21 bits per heavy atom. The average Bonchev–Trinajstić information content (AvgIpc) is 3.25. The van der Waals surface area contributed by atoms with Gasteiger partial charge < -0.3 is 5.32 Å². The molecule has 3 aromatic heterocycles. The number of carbonyl (C=O) groups is 1. The molecule has 1 amide bonds. The molecular weight excluding hydrogens is 414 g/mol. The molecule has 0 spiro atoms. The van der Waals surface area contributed by atoms with E-state index in [4.69, 9.17) is 11.6 Å². The van der Waals surface area contributed by atoms with Crippen molar-refractivity contribution in [3.05, 3.63) is 67.1 Å². The molecule has 0 saturated heterocycles. The van der Waals surface area contributed by atoms with E-state index in [1.165, 1.54) is 20.3 Å². The summed E-state index contributed by atoms with van der Waals surface area (Å²) in [6.07, 6.45) is 0. The Morgan fingerprint density at radius 3 is 2.62 bits per heavy atom. The van der Waals surface area contributed by atoms with Gasteiger partial charge in [0.05, 0.1) is 12.1 Å². The number of carbonyl (C=O) groups excluding carboxylic acids is 1. The average molecular weight is 432 g/mol. The molecule has 0 saturated carbocycles. The van der Waals surface area contributed by atoms with Crippen molar-refractivity contribution in [1.82, 2.24) is 24.1 Å². The Labute approximate surface area is 174 Å². The molecule has 0 bridgehead atoms. The third kappa shape index (κ3) is 3.58. The van der Waals surface area contributed by atoms with Crippen molar-refractivity contribution in [3.8, 4) is 0 Å². The standard InChI is InChI=1S/C19H18ClN5O3S/c1-11(2)21-15(26)10-24-19(28)25-14-7-8-29-16(14)17(27)23(18(25)22-24)9-12-3-5-13(20)6-4-12/h3-8,11H,9-10H2,1-2H3,(H,21,26). The summed E-state index contributed by atoms with van der Waals surface area (Å²) in [6, 6.07) is 8.77. The summed E-state index contributed by atoms with van der Waals surface area (Å²) in [5.74, 6) is -0.128. The van der Waals surface area contributed by atoms with Crippen molar-refractivity contribution in [2.24, 2.45) is 0 Å². The van der Waals surface area contributed by atoms with Crippen LogP contribution in [0.15, 0.2) is 45.3 Å². The number of nitrogens with one attached hydrogen (secondary N) is 1. The van der Waals surface area contributed by atoms with Crippen LogP contribution in [-0.2, 0) is 17.9 Å². The van der Waals surface area contributed by atoms with Gasteiger partial charge in [-0.1, -0.05) is 23.7 Å². The summed E-state index contributed by atoms with van der Waals surface area (Å²) >= 11 is 7.21. The summed E-state index contributed by atoms with van der Waals surface area (Å²) in [4.78, 5) is 38.2. The number of aromatic nitrogens is 4. The Balaban J connectivity index is 1.89. The highest BCUT2D eigenvalue weighted by molar-refractivity contribution is 7.17. The van der Waals surface area contributed by atoms with Crippen LogP contribution in [0, 0.1) is 0 Å². The molecule has 0 unspecified atom stereocenters. The maximum Gasteiger partial charge on any atom is 0.352 e. The predicted octanol–water partition coefficient (Wildman–Crippen LogP) is 2.10. The maximum absolute atomic E-state index is 13.1. The molecule has 0 fully saturated rings. The first kappa shape index (κ1) is 19.4. The highest BCUT2D eigenvalue weighted by atomic mass is 35.5. The number of thiophene rings is 1. The fourth-order valence-electron chi connectivity index (χ4n) is 3.16. The summed E-state index contributed by atoms with van der Waals surface area (Å²) in [6.45, 7) is 3.67. The number of hydrogen-bond acceptors (Lipinski definition) is 5. The summed E-state index contributed by atoms with van der Waals surface area (Å²) < 4.78 is 4.37. The fraction of sp³-hybridized carbons (Fsp3) is 0.263. The van der Waals surface area contributed by atoms with Crippen LogP contribution in [0.4, 0.5) is 0 Å². The lowest BCUT2D eigenvalue weighted by atomic mass is 10.2. The van der Waals surface area contributed by atoms with Crippen molar-refractivity contribution in [2.45, 2.75) is 33.0 Å². The molecule has 4 rings (SSSR count). The van der Waals surface area contributed by atoms with Crippen molar-refractivity contribution in [2.75, 3.05) is 0 Å². The lowest BCUT2D eigenvalue weighted by Crippen LogP contribution is -2.36. The van der Waals surface area contributed by atoms with E-state index in [-0.39, 0.29) is 36.4 Å². The maximum atomic E-state index is 13.1. The summed E-state index contributed by atoms with van der Waals surface area (Å²) in [5.41, 5.74) is 0.630. The van der Waals surface area contributed by atoms with Gasteiger partial charge in [0, 0.05) is 11.1 Å². The van der Waals surface area contributed by atoms with E-state index >= 15 is 0 Å². The van der Waals surface area contributed by atoms with Crippen LogP contribution in [0.25, 0.3) is 16.0 Å². The van der Waals surface area contributed by atoms with Crippen LogP contribution in [-0.4, -0.2) is 30.7 Å². The Hall–Kier alpha value is -2.91. The minimum atomic E-state index is -0.466. The zero-order valence-electron chi connectivity index (χ0n) is 15.8. The summed E-state index contributed by atoms with van der Waals surface area (Å²) in [7, 11) is 0. The third-order valence-corrected chi connectivity index (χ3v) is 5.53. The first-order valence-electron chi connectivity index (χ1n) is 8.98. The van der Waals surface area contributed by atoms with E-state index in [1.807, 2.05) is 26.0 Å². The smallest absolute Gasteiger partial charge is 0.352 e. The molecule has 0 aliphatic heterocycles. The molecule has 10 heteroatoms. The van der Waals surface area contributed by atoms with Gasteiger partial charge in [0.1, 0.15) is 11.2 Å². The minimum absolute atomic E-state index is 0.0538. The summed E-state index contributed by atoms with van der Waals surface area (Å²) in [5, 5.41) is 9.40. The monoisotopic (exact) mass is 431 g/mol. The number of fused-ring (bicyclic) bond motifs is 3. The van der Waals surface area contributed by atoms with Crippen LogP contribution >= 0.6 is 22.9 Å². The lowest BCUT2D eigenvalue weighted by Gasteiger charge is -2.08. The van der Waals surface area contributed by atoms with Gasteiger partial charge in [0.25, 0.3) is 5.56 Å². The molecule has 0 atom stereocenters. The zero-order valence-corrected chi connectivity index (χ0v) is 17.3. The second-order valence-corrected chi connectivity index (χ2v) is 8.30. The first-order valence-corrected chi connectivity index (χ1v) is 10.2. The van der Waals surface area contributed by atoms with Gasteiger partial charge in [0.15, 0.2) is 0 Å². The van der Waals surface area contributed by atoms with Gasteiger partial charge in [-0.05, 0) is 43.0 Å². The molecule has 0 aliphatic rings. The first-order chi connectivity index (χ1) is 13.8. The number of benzene rings is 1. The topological polar surface area (TPSA) is 90.4 Å². The van der Waals surface area contributed by atoms with Gasteiger partial charge in [0.2, 0.25) is 11.7 Å². The SMILES string of the molecule is CC(C)NC(=O)Cn1nc2n(Cc3ccc(Cl)cc3)c(=O)c3sccc3n2c1=O. The zero-order chi connectivity index (χ0) is 20.7. The Bertz CT molecular complexity index is 1330. The lowest BCUT2D eigenvalue weighted by molar-refractivity contribution is -0.122. The molecule has 8 nitrogen and oxygen atoms in total. The molecule has 0 aliphatic carbocycles. The van der Waals surface area contributed by atoms with Crippen molar-refractivity contribution in [3.63, 3.8) is 0 Å². The molecule has 29 heavy (non-hydrogen) atoms. The fourth-order valence-corrected chi connectivity index (χ4v) is 4.11. The van der Waals surface area contributed by atoms with Crippen molar-refractivity contribution < 1.29 is 4.79 Å². The minimum Gasteiger partial charge on any atom is -0.352 e. The number of hydrogen-bond donors (Lipinski definition) is 1. The third-order valence-electron chi connectivity index (χ3n) is 4.39. The molecule has 0 radical (unpaired) electrons. The Morgan fingerprint density at radius 2 is 1.93 bits per heavy atom. The highest BCUT2D eigenvalue weighted by Gasteiger charge is 2.19. The van der Waals surface area contributed by atoms with E-state index in [9.17, 15) is 14.4 Å². The second kappa shape index (κ2) is 7.49. The van der Waals surface area contributed by atoms with E-state index in [1.54, 1.807) is 23.6 Å². The molecule has 1 aromatic carbocycles. The van der Waals surface area contributed by atoms with E-state index in [2.05, 4.69) is 10.4 Å². The van der Waals surface area contributed by atoms with E-state index < -0.39 is 5.69 Å². The molecule has 3 heterocycles. The van der Waals surface area contributed by atoms with E-state index in [0.29, 0.717) is 15.2 Å². The van der Waals surface area contributed by atoms with Gasteiger partial charge >= 0.3 is 5.69 Å².